The third kappa shape index (κ3) is 48.8. The molecule has 19 nitrogen and oxygen atoms in total. The predicted octanol–water partition coefficient (Wildman–Crippen LogP) is 17.2. The van der Waals surface area contributed by atoms with Crippen molar-refractivity contribution in [1.29, 1.82) is 0 Å². The molecule has 17 unspecified atom stereocenters. The predicted molar refractivity (Wildman–Crippen MR) is 439 cm³/mol. The molecule has 640 valence electrons. The normalized spacial score (nSPS) is 25.5. The first-order chi connectivity index (χ1) is 53.3. The highest BCUT2D eigenvalue weighted by molar-refractivity contribution is 5.76. The summed E-state index contributed by atoms with van der Waals surface area (Å²) in [6.07, 6.45) is 63.8. The van der Waals surface area contributed by atoms with E-state index in [1.54, 1.807) is 0 Å². The molecular weight excluding hydrogens is 1380 g/mol. The summed E-state index contributed by atoms with van der Waals surface area (Å²) >= 11 is 0. The average Bonchev–Trinajstić information content (AvgIpc) is 0.760. The van der Waals surface area contributed by atoms with Gasteiger partial charge in [-0.2, -0.15) is 0 Å². The van der Waals surface area contributed by atoms with Crippen molar-refractivity contribution in [2.45, 2.75) is 491 Å². The van der Waals surface area contributed by atoms with Crippen LogP contribution in [0, 0.1) is 0 Å². The molecule has 17 atom stereocenters. The van der Waals surface area contributed by atoms with Gasteiger partial charge in [0.25, 0.3) is 0 Å². The maximum Gasteiger partial charge on any atom is 0.220 e. The maximum atomic E-state index is 13.5. The zero-order valence-corrected chi connectivity index (χ0v) is 69.1. The van der Waals surface area contributed by atoms with E-state index < -0.39 is 124 Å². The number of carbonyl (C=O) groups is 1. The van der Waals surface area contributed by atoms with Gasteiger partial charge in [-0.3, -0.25) is 4.79 Å². The average molecular weight is 1550 g/mol. The van der Waals surface area contributed by atoms with Crippen LogP contribution in [0.1, 0.15) is 386 Å². The number of unbranched alkanes of at least 4 members (excludes halogenated alkanes) is 50. The van der Waals surface area contributed by atoms with Crippen LogP contribution < -0.4 is 5.32 Å². The molecule has 0 radical (unpaired) electrons. The fraction of sp³-hybridized carbons (Fsp3) is 0.900. The standard InChI is InChI=1S/C90H167NO18/c1-3-5-7-9-11-13-15-17-19-21-23-25-27-28-29-30-31-32-33-34-35-36-37-38-39-40-41-42-43-44-46-48-50-52-54-56-58-60-62-64-66-68-78(96)91-73(74(95)67-65-63-61-59-57-55-53-51-49-47-45-26-24-22-20-18-16-14-12-10-8-6-4-2)72-104-88-84(102)81(99)86(76(70-93)106-88)109-90-85(103)82(100)87(77(71-94)107-90)108-89-83(101)80(98)79(97)75(69-92)105-89/h5,7,11,13,17,19,23,25,73-77,79-90,92-95,97-103H,3-4,6,8-10,12,14-16,18,20-22,24,26-72H2,1-2H3,(H,91,96)/b7-5-,13-11-,19-17-,25-23-. The van der Waals surface area contributed by atoms with E-state index in [1.807, 2.05) is 0 Å². The Bertz CT molecular complexity index is 2150. The van der Waals surface area contributed by atoms with Crippen LogP contribution in [0.5, 0.6) is 0 Å². The fourth-order valence-corrected chi connectivity index (χ4v) is 15.5. The van der Waals surface area contributed by atoms with E-state index in [2.05, 4.69) is 67.8 Å². The number of allylic oxidation sites excluding steroid dienone is 8. The van der Waals surface area contributed by atoms with E-state index >= 15 is 0 Å². The minimum Gasteiger partial charge on any atom is -0.394 e. The molecule has 3 heterocycles. The van der Waals surface area contributed by atoms with Gasteiger partial charge in [0.2, 0.25) is 5.91 Å². The zero-order valence-electron chi connectivity index (χ0n) is 69.1. The first-order valence-electron chi connectivity index (χ1n) is 45.4. The van der Waals surface area contributed by atoms with Gasteiger partial charge in [-0.15, -0.1) is 0 Å². The molecule has 12 N–H and O–H groups in total. The van der Waals surface area contributed by atoms with Crippen molar-refractivity contribution in [3.63, 3.8) is 0 Å². The SMILES string of the molecule is CC/C=C\C/C=C\C/C=C\C/C=C\CCCCCCCCCCCCCCCCCCCCCCCCCCCCCCC(=O)NC(COC1OC(CO)C(OC2OC(CO)C(OC3OC(CO)C(O)C(O)C3O)C(O)C2O)C(O)C1O)C(O)CCCCCCCCCCCCCCCCCCCCCCCCC. The summed E-state index contributed by atoms with van der Waals surface area (Å²) in [5.41, 5.74) is 0. The summed E-state index contributed by atoms with van der Waals surface area (Å²) in [5.74, 6) is -0.234. The second-order valence-electron chi connectivity index (χ2n) is 32.4. The van der Waals surface area contributed by atoms with E-state index in [0.717, 1.165) is 70.6 Å². The first-order valence-corrected chi connectivity index (χ1v) is 45.4. The molecule has 19 heteroatoms. The minimum atomic E-state index is -1.97. The molecule has 0 aromatic heterocycles. The van der Waals surface area contributed by atoms with E-state index in [-0.39, 0.29) is 18.9 Å². The second-order valence-corrected chi connectivity index (χ2v) is 32.4. The van der Waals surface area contributed by atoms with Crippen LogP contribution >= 0.6 is 0 Å². The van der Waals surface area contributed by atoms with Gasteiger partial charge >= 0.3 is 0 Å². The molecule has 3 fully saturated rings. The number of amides is 1. The molecule has 3 rings (SSSR count). The number of hydrogen-bond acceptors (Lipinski definition) is 18. The quantitative estimate of drug-likeness (QED) is 0.0199. The summed E-state index contributed by atoms with van der Waals surface area (Å²) in [6, 6.07) is -0.887. The van der Waals surface area contributed by atoms with Gasteiger partial charge in [0.05, 0.1) is 38.6 Å². The Morgan fingerprint density at radius 1 is 0.339 bits per heavy atom. The second kappa shape index (κ2) is 70.0. The lowest BCUT2D eigenvalue weighted by Crippen LogP contribution is -2.66. The Morgan fingerprint density at radius 3 is 0.991 bits per heavy atom. The van der Waals surface area contributed by atoms with Gasteiger partial charge in [0.1, 0.15) is 73.2 Å². The van der Waals surface area contributed by atoms with Crippen LogP contribution in [-0.2, 0) is 33.2 Å². The number of ether oxygens (including phenoxy) is 6. The van der Waals surface area contributed by atoms with Crippen molar-refractivity contribution in [2.75, 3.05) is 26.4 Å². The molecule has 0 bridgehead atoms. The zero-order chi connectivity index (χ0) is 78.8. The van der Waals surface area contributed by atoms with Crippen molar-refractivity contribution in [3.8, 4) is 0 Å². The van der Waals surface area contributed by atoms with Crippen LogP contribution in [0.15, 0.2) is 48.6 Å². The van der Waals surface area contributed by atoms with Crippen LogP contribution in [0.2, 0.25) is 0 Å². The number of carbonyl (C=O) groups excluding carboxylic acids is 1. The number of rotatable bonds is 74. The third-order valence-corrected chi connectivity index (χ3v) is 22.7. The lowest BCUT2D eigenvalue weighted by molar-refractivity contribution is -0.379. The van der Waals surface area contributed by atoms with E-state index in [0.29, 0.717) is 12.8 Å². The highest BCUT2D eigenvalue weighted by Crippen LogP contribution is 2.34. The van der Waals surface area contributed by atoms with E-state index in [1.165, 1.54) is 283 Å². The third-order valence-electron chi connectivity index (χ3n) is 22.7. The molecule has 0 aromatic carbocycles. The van der Waals surface area contributed by atoms with Crippen LogP contribution in [0.4, 0.5) is 0 Å². The molecule has 0 saturated carbocycles. The molecule has 0 aliphatic carbocycles. The van der Waals surface area contributed by atoms with Crippen molar-refractivity contribution >= 4 is 5.91 Å². The van der Waals surface area contributed by atoms with Gasteiger partial charge in [-0.25, -0.2) is 0 Å². The van der Waals surface area contributed by atoms with Crippen molar-refractivity contribution in [3.05, 3.63) is 48.6 Å². The molecule has 1 amide bonds. The number of nitrogens with one attached hydrogen (secondary N) is 1. The molecule has 0 aromatic rings. The molecule has 0 spiro atoms. The minimum absolute atomic E-state index is 0.234. The van der Waals surface area contributed by atoms with Crippen molar-refractivity contribution in [1.82, 2.24) is 5.32 Å². The Labute approximate surface area is 663 Å². The fourth-order valence-electron chi connectivity index (χ4n) is 15.5. The summed E-state index contributed by atoms with van der Waals surface area (Å²) in [4.78, 5) is 13.5. The maximum absolute atomic E-state index is 13.5. The van der Waals surface area contributed by atoms with Gasteiger partial charge in [0, 0.05) is 6.42 Å². The number of aliphatic hydroxyl groups excluding tert-OH is 11. The molecule has 3 aliphatic rings. The summed E-state index contributed by atoms with van der Waals surface area (Å²) in [5, 5.41) is 121. The lowest BCUT2D eigenvalue weighted by Gasteiger charge is -2.48. The molecule has 3 aliphatic heterocycles. The van der Waals surface area contributed by atoms with E-state index in [9.17, 15) is 61.0 Å². The first kappa shape index (κ1) is 101. The number of hydrogen-bond donors (Lipinski definition) is 12. The van der Waals surface area contributed by atoms with E-state index in [4.69, 9.17) is 28.4 Å². The Balaban J connectivity index is 1.28. The Morgan fingerprint density at radius 2 is 0.633 bits per heavy atom. The van der Waals surface area contributed by atoms with Crippen LogP contribution in [0.3, 0.4) is 0 Å². The van der Waals surface area contributed by atoms with Crippen molar-refractivity contribution in [2.24, 2.45) is 0 Å². The summed E-state index contributed by atoms with van der Waals surface area (Å²) < 4.78 is 34.6. The Kier molecular flexibility index (Phi) is 64.8. The van der Waals surface area contributed by atoms with Gasteiger partial charge in [0.15, 0.2) is 18.9 Å². The van der Waals surface area contributed by atoms with Crippen LogP contribution in [0.25, 0.3) is 0 Å². The topological polar surface area (TPSA) is 307 Å². The van der Waals surface area contributed by atoms with Gasteiger partial charge in [-0.1, -0.05) is 377 Å². The number of aliphatic hydroxyl groups is 11. The highest BCUT2D eigenvalue weighted by atomic mass is 16.8. The van der Waals surface area contributed by atoms with Crippen LogP contribution in [-0.4, -0.2) is 193 Å². The lowest BCUT2D eigenvalue weighted by atomic mass is 9.96. The smallest absolute Gasteiger partial charge is 0.220 e. The monoisotopic (exact) mass is 1550 g/mol. The largest absolute Gasteiger partial charge is 0.394 e. The molecule has 3 saturated heterocycles. The summed E-state index contributed by atoms with van der Waals surface area (Å²) in [7, 11) is 0. The van der Waals surface area contributed by atoms with Gasteiger partial charge in [-0.05, 0) is 51.4 Å². The Hall–Kier alpha value is -2.25. The summed E-state index contributed by atoms with van der Waals surface area (Å²) in [6.45, 7) is 1.75. The van der Waals surface area contributed by atoms with Gasteiger partial charge < -0.3 is 89.9 Å². The molecule has 109 heavy (non-hydrogen) atoms. The molecular formula is C90H167NO18. The van der Waals surface area contributed by atoms with Crippen molar-refractivity contribution < 1.29 is 89.4 Å². The highest BCUT2D eigenvalue weighted by Gasteiger charge is 2.54.